The fraction of sp³-hybridized carbons (Fsp3) is 1.00. The molecule has 2 rings (SSSR count). The first kappa shape index (κ1) is 12.4. The molecule has 2 fully saturated rings. The van der Waals surface area contributed by atoms with Gasteiger partial charge in [0.05, 0.1) is 6.10 Å². The minimum atomic E-state index is 0.280. The van der Waals surface area contributed by atoms with Gasteiger partial charge in [-0.3, -0.25) is 0 Å². The van der Waals surface area contributed by atoms with Crippen molar-refractivity contribution >= 4 is 0 Å². The lowest BCUT2D eigenvalue weighted by Crippen LogP contribution is -2.47. The molecule has 2 N–H and O–H groups in total. The highest BCUT2D eigenvalue weighted by Gasteiger charge is 2.40. The molecule has 0 heterocycles. The van der Waals surface area contributed by atoms with E-state index < -0.39 is 0 Å². The summed E-state index contributed by atoms with van der Waals surface area (Å²) in [6.45, 7) is 2.31. The van der Waals surface area contributed by atoms with E-state index in [2.05, 4.69) is 6.92 Å². The lowest BCUT2D eigenvalue weighted by molar-refractivity contribution is 0.0240. The molecule has 0 bridgehead atoms. The molecule has 4 atom stereocenters. The molecule has 0 aromatic rings. The minimum absolute atomic E-state index is 0.280. The fourth-order valence-electron chi connectivity index (χ4n) is 3.58. The maximum Gasteiger partial charge on any atom is 0.0753 e. The summed E-state index contributed by atoms with van der Waals surface area (Å²) in [7, 11) is 1.84. The van der Waals surface area contributed by atoms with Gasteiger partial charge in [0.15, 0.2) is 0 Å². The maximum atomic E-state index is 6.49. The van der Waals surface area contributed by atoms with Crippen LogP contribution in [0.5, 0.6) is 0 Å². The van der Waals surface area contributed by atoms with Crippen LogP contribution in [0.15, 0.2) is 0 Å². The zero-order chi connectivity index (χ0) is 11.5. The van der Waals surface area contributed by atoms with Crippen LogP contribution in [0.1, 0.15) is 51.9 Å². The molecule has 0 saturated heterocycles. The van der Waals surface area contributed by atoms with E-state index in [-0.39, 0.29) is 6.04 Å². The van der Waals surface area contributed by atoms with Crippen LogP contribution in [0.3, 0.4) is 0 Å². The van der Waals surface area contributed by atoms with Gasteiger partial charge in [0.2, 0.25) is 0 Å². The molecule has 0 aromatic carbocycles. The summed E-state index contributed by atoms with van der Waals surface area (Å²) >= 11 is 0. The number of rotatable bonds is 5. The predicted molar refractivity (Wildman–Crippen MR) is 67.2 cm³/mol. The average Bonchev–Trinajstić information content (AvgIpc) is 3.14. The Bertz CT molecular complexity index is 215. The second-order valence-corrected chi connectivity index (χ2v) is 5.73. The Labute approximate surface area is 99.9 Å². The lowest BCUT2D eigenvalue weighted by Gasteiger charge is -2.38. The Morgan fingerprint density at radius 3 is 2.44 bits per heavy atom. The monoisotopic (exact) mass is 225 g/mol. The molecule has 2 saturated carbocycles. The second kappa shape index (κ2) is 5.50. The third kappa shape index (κ3) is 2.60. The van der Waals surface area contributed by atoms with E-state index in [1.807, 2.05) is 7.11 Å². The van der Waals surface area contributed by atoms with Gasteiger partial charge in [0, 0.05) is 13.2 Å². The van der Waals surface area contributed by atoms with Gasteiger partial charge in [-0.2, -0.15) is 0 Å². The van der Waals surface area contributed by atoms with Crippen molar-refractivity contribution < 1.29 is 4.74 Å². The first-order chi connectivity index (χ1) is 7.77. The van der Waals surface area contributed by atoms with Gasteiger partial charge in [0.1, 0.15) is 0 Å². The molecule has 0 spiro atoms. The predicted octanol–water partition coefficient (Wildman–Crippen LogP) is 2.96. The van der Waals surface area contributed by atoms with Crippen molar-refractivity contribution in [1.29, 1.82) is 0 Å². The molecular weight excluding hydrogens is 198 g/mol. The highest BCUT2D eigenvalue weighted by atomic mass is 16.5. The molecular formula is C14H27NO. The molecule has 2 nitrogen and oxygen atoms in total. The van der Waals surface area contributed by atoms with Crippen molar-refractivity contribution in [2.24, 2.45) is 23.5 Å². The van der Waals surface area contributed by atoms with E-state index in [1.165, 1.54) is 44.9 Å². The molecule has 0 aromatic heterocycles. The SMILES string of the molecule is CCC1CCCCC1C(N)C(OC)C1CC1. The summed E-state index contributed by atoms with van der Waals surface area (Å²) in [5, 5.41) is 0. The van der Waals surface area contributed by atoms with Crippen molar-refractivity contribution in [3.05, 3.63) is 0 Å². The summed E-state index contributed by atoms with van der Waals surface area (Å²) in [4.78, 5) is 0. The van der Waals surface area contributed by atoms with Crippen LogP contribution in [0, 0.1) is 17.8 Å². The standard InChI is InChI=1S/C14H27NO/c1-3-10-6-4-5-7-12(10)13(15)14(16-2)11-8-9-11/h10-14H,3-9,15H2,1-2H3. The molecule has 0 amide bonds. The Kier molecular flexibility index (Phi) is 4.26. The van der Waals surface area contributed by atoms with E-state index >= 15 is 0 Å². The first-order valence-corrected chi connectivity index (χ1v) is 7.06. The van der Waals surface area contributed by atoms with Gasteiger partial charge in [-0.25, -0.2) is 0 Å². The number of nitrogens with two attached hydrogens (primary N) is 1. The third-order valence-electron chi connectivity index (χ3n) is 4.72. The van der Waals surface area contributed by atoms with Crippen LogP contribution in [0.4, 0.5) is 0 Å². The first-order valence-electron chi connectivity index (χ1n) is 7.06. The summed E-state index contributed by atoms with van der Waals surface area (Å²) < 4.78 is 5.66. The second-order valence-electron chi connectivity index (χ2n) is 5.73. The maximum absolute atomic E-state index is 6.49. The molecule has 2 aliphatic rings. The van der Waals surface area contributed by atoms with Crippen molar-refractivity contribution in [2.45, 2.75) is 64.0 Å². The number of methoxy groups -OCH3 is 1. The Balaban J connectivity index is 1.96. The van der Waals surface area contributed by atoms with Gasteiger partial charge < -0.3 is 10.5 Å². The lowest BCUT2D eigenvalue weighted by atomic mass is 9.72. The van der Waals surface area contributed by atoms with E-state index in [1.54, 1.807) is 0 Å². The molecule has 94 valence electrons. The zero-order valence-electron chi connectivity index (χ0n) is 10.8. The molecule has 16 heavy (non-hydrogen) atoms. The highest BCUT2D eigenvalue weighted by molar-refractivity contribution is 4.94. The van der Waals surface area contributed by atoms with Gasteiger partial charge >= 0.3 is 0 Å². The highest BCUT2D eigenvalue weighted by Crippen LogP contribution is 2.41. The van der Waals surface area contributed by atoms with E-state index in [9.17, 15) is 0 Å². The molecule has 0 radical (unpaired) electrons. The Morgan fingerprint density at radius 2 is 1.88 bits per heavy atom. The number of hydrogen-bond donors (Lipinski definition) is 1. The van der Waals surface area contributed by atoms with Crippen LogP contribution in [0.25, 0.3) is 0 Å². The smallest absolute Gasteiger partial charge is 0.0753 e. The Morgan fingerprint density at radius 1 is 1.19 bits per heavy atom. The van der Waals surface area contributed by atoms with Crippen LogP contribution in [-0.2, 0) is 4.74 Å². The summed E-state index contributed by atoms with van der Waals surface area (Å²) in [6, 6.07) is 0.280. The molecule has 0 aliphatic heterocycles. The third-order valence-corrected chi connectivity index (χ3v) is 4.72. The fourth-order valence-corrected chi connectivity index (χ4v) is 3.58. The Hall–Kier alpha value is -0.0800. The zero-order valence-corrected chi connectivity index (χ0v) is 10.8. The summed E-state index contributed by atoms with van der Waals surface area (Å²) in [5.74, 6) is 2.32. The number of ether oxygens (including phenoxy) is 1. The van der Waals surface area contributed by atoms with Crippen LogP contribution in [-0.4, -0.2) is 19.3 Å². The van der Waals surface area contributed by atoms with Crippen LogP contribution in [0.2, 0.25) is 0 Å². The minimum Gasteiger partial charge on any atom is -0.380 e. The normalized spacial score (nSPS) is 34.7. The average molecular weight is 225 g/mol. The van der Waals surface area contributed by atoms with Crippen molar-refractivity contribution in [2.75, 3.05) is 7.11 Å². The van der Waals surface area contributed by atoms with Gasteiger partial charge in [-0.05, 0) is 37.0 Å². The van der Waals surface area contributed by atoms with Gasteiger partial charge in [-0.1, -0.05) is 32.6 Å². The number of hydrogen-bond acceptors (Lipinski definition) is 2. The van der Waals surface area contributed by atoms with E-state index in [4.69, 9.17) is 10.5 Å². The van der Waals surface area contributed by atoms with Crippen molar-refractivity contribution in [3.8, 4) is 0 Å². The largest absolute Gasteiger partial charge is 0.380 e. The van der Waals surface area contributed by atoms with Gasteiger partial charge in [0.25, 0.3) is 0 Å². The summed E-state index contributed by atoms with van der Waals surface area (Å²) in [6.07, 6.45) is 9.77. The van der Waals surface area contributed by atoms with Crippen molar-refractivity contribution in [1.82, 2.24) is 0 Å². The quantitative estimate of drug-likeness (QED) is 0.780. The summed E-state index contributed by atoms with van der Waals surface area (Å²) in [5.41, 5.74) is 6.49. The molecule has 4 unspecified atom stereocenters. The molecule has 2 heteroatoms. The van der Waals surface area contributed by atoms with E-state index in [0.29, 0.717) is 12.0 Å². The molecule has 2 aliphatic carbocycles. The van der Waals surface area contributed by atoms with Gasteiger partial charge in [-0.15, -0.1) is 0 Å². The van der Waals surface area contributed by atoms with Crippen molar-refractivity contribution in [3.63, 3.8) is 0 Å². The van der Waals surface area contributed by atoms with E-state index in [0.717, 1.165) is 11.8 Å². The topological polar surface area (TPSA) is 35.2 Å². The van der Waals surface area contributed by atoms with Crippen LogP contribution >= 0.6 is 0 Å². The van der Waals surface area contributed by atoms with Crippen LogP contribution < -0.4 is 5.73 Å².